The summed E-state index contributed by atoms with van der Waals surface area (Å²) >= 11 is 5.92. The van der Waals surface area contributed by atoms with Crippen molar-refractivity contribution in [3.63, 3.8) is 0 Å². The van der Waals surface area contributed by atoms with Gasteiger partial charge in [0.05, 0.1) is 25.0 Å². The van der Waals surface area contributed by atoms with Gasteiger partial charge in [0, 0.05) is 17.6 Å². The summed E-state index contributed by atoms with van der Waals surface area (Å²) < 4.78 is 10.5. The van der Waals surface area contributed by atoms with Crippen LogP contribution in [0.4, 0.5) is 0 Å². The Hall–Kier alpha value is -2.07. The summed E-state index contributed by atoms with van der Waals surface area (Å²) in [6, 6.07) is 9.25. The molecule has 0 fully saturated rings. The fourth-order valence-electron chi connectivity index (χ4n) is 1.80. The number of pyridine rings is 1. The van der Waals surface area contributed by atoms with Crippen LogP contribution in [0, 0.1) is 0 Å². The summed E-state index contributed by atoms with van der Waals surface area (Å²) in [7, 11) is 0. The van der Waals surface area contributed by atoms with Crippen molar-refractivity contribution in [3.8, 4) is 5.75 Å². The molecule has 1 aromatic heterocycles. The van der Waals surface area contributed by atoms with Crippen LogP contribution in [0.15, 0.2) is 42.7 Å². The summed E-state index contributed by atoms with van der Waals surface area (Å²) in [5.74, 6) is 0.146. The Labute approximate surface area is 128 Å². The molecule has 21 heavy (non-hydrogen) atoms. The van der Waals surface area contributed by atoms with E-state index in [1.54, 1.807) is 19.2 Å². The SMILES string of the molecule is CCOC(=O)c1cncc(OCCc2cccc(Cl)c2)c1. The molecular weight excluding hydrogens is 290 g/mol. The van der Waals surface area contributed by atoms with E-state index in [9.17, 15) is 4.79 Å². The van der Waals surface area contributed by atoms with E-state index in [0.29, 0.717) is 29.5 Å². The van der Waals surface area contributed by atoms with Gasteiger partial charge in [-0.3, -0.25) is 4.98 Å². The highest BCUT2D eigenvalue weighted by molar-refractivity contribution is 6.30. The van der Waals surface area contributed by atoms with Crippen molar-refractivity contribution in [1.82, 2.24) is 4.98 Å². The van der Waals surface area contributed by atoms with Crippen molar-refractivity contribution in [2.75, 3.05) is 13.2 Å². The molecule has 4 nitrogen and oxygen atoms in total. The number of hydrogen-bond donors (Lipinski definition) is 0. The Bertz CT molecular complexity index is 616. The smallest absolute Gasteiger partial charge is 0.339 e. The van der Waals surface area contributed by atoms with Gasteiger partial charge in [-0.2, -0.15) is 0 Å². The number of halogens is 1. The molecule has 0 amide bonds. The monoisotopic (exact) mass is 305 g/mol. The van der Waals surface area contributed by atoms with E-state index in [0.717, 1.165) is 12.0 Å². The lowest BCUT2D eigenvalue weighted by Crippen LogP contribution is -2.06. The van der Waals surface area contributed by atoms with Crippen LogP contribution < -0.4 is 4.74 Å². The Balaban J connectivity index is 1.91. The second-order valence-electron chi connectivity index (χ2n) is 4.36. The van der Waals surface area contributed by atoms with Gasteiger partial charge in [-0.15, -0.1) is 0 Å². The normalized spacial score (nSPS) is 10.2. The van der Waals surface area contributed by atoms with Crippen LogP contribution in [0.5, 0.6) is 5.75 Å². The zero-order valence-corrected chi connectivity index (χ0v) is 12.5. The molecule has 0 atom stereocenters. The number of aromatic nitrogens is 1. The number of carbonyl (C=O) groups excluding carboxylic acids is 1. The van der Waals surface area contributed by atoms with Crippen molar-refractivity contribution >= 4 is 17.6 Å². The number of rotatable bonds is 6. The first kappa shape index (κ1) is 15.3. The predicted octanol–water partition coefficient (Wildman–Crippen LogP) is 3.53. The third-order valence-electron chi connectivity index (χ3n) is 2.77. The van der Waals surface area contributed by atoms with E-state index in [4.69, 9.17) is 21.1 Å². The van der Waals surface area contributed by atoms with Gasteiger partial charge in [0.2, 0.25) is 0 Å². The number of esters is 1. The Morgan fingerprint density at radius 2 is 2.14 bits per heavy atom. The third kappa shape index (κ3) is 4.76. The maximum Gasteiger partial charge on any atom is 0.339 e. The molecule has 0 spiro atoms. The number of benzene rings is 1. The van der Waals surface area contributed by atoms with E-state index in [-0.39, 0.29) is 0 Å². The summed E-state index contributed by atoms with van der Waals surface area (Å²) in [4.78, 5) is 15.6. The van der Waals surface area contributed by atoms with Crippen molar-refractivity contribution in [1.29, 1.82) is 0 Å². The number of hydrogen-bond acceptors (Lipinski definition) is 4. The van der Waals surface area contributed by atoms with Crippen molar-refractivity contribution in [2.45, 2.75) is 13.3 Å². The van der Waals surface area contributed by atoms with Crippen molar-refractivity contribution < 1.29 is 14.3 Å². The first-order valence-corrected chi connectivity index (χ1v) is 7.06. The average molecular weight is 306 g/mol. The third-order valence-corrected chi connectivity index (χ3v) is 3.01. The average Bonchev–Trinajstić information content (AvgIpc) is 2.48. The first-order valence-electron chi connectivity index (χ1n) is 6.68. The highest BCUT2D eigenvalue weighted by Gasteiger charge is 2.08. The second-order valence-corrected chi connectivity index (χ2v) is 4.79. The first-order chi connectivity index (χ1) is 10.2. The van der Waals surface area contributed by atoms with Gasteiger partial charge < -0.3 is 9.47 Å². The minimum Gasteiger partial charge on any atom is -0.492 e. The molecular formula is C16H16ClNO3. The Morgan fingerprint density at radius 3 is 2.90 bits per heavy atom. The molecule has 0 N–H and O–H groups in total. The molecule has 0 unspecified atom stereocenters. The van der Waals surface area contributed by atoms with E-state index in [1.807, 2.05) is 24.3 Å². The van der Waals surface area contributed by atoms with Gasteiger partial charge in [-0.1, -0.05) is 23.7 Å². The van der Waals surface area contributed by atoms with Crippen LogP contribution in [0.3, 0.4) is 0 Å². The van der Waals surface area contributed by atoms with E-state index in [2.05, 4.69) is 4.98 Å². The lowest BCUT2D eigenvalue weighted by molar-refractivity contribution is 0.0525. The van der Waals surface area contributed by atoms with Crippen LogP contribution in [0.1, 0.15) is 22.8 Å². The zero-order valence-electron chi connectivity index (χ0n) is 11.7. The molecule has 0 radical (unpaired) electrons. The summed E-state index contributed by atoms with van der Waals surface area (Å²) in [5.41, 5.74) is 1.48. The van der Waals surface area contributed by atoms with Gasteiger partial charge in [-0.25, -0.2) is 4.79 Å². The van der Waals surface area contributed by atoms with Crippen molar-refractivity contribution in [2.24, 2.45) is 0 Å². The molecule has 0 aliphatic carbocycles. The van der Waals surface area contributed by atoms with Crippen molar-refractivity contribution in [3.05, 3.63) is 58.9 Å². The molecule has 0 saturated heterocycles. The van der Waals surface area contributed by atoms with E-state index >= 15 is 0 Å². The molecule has 110 valence electrons. The fraction of sp³-hybridized carbons (Fsp3) is 0.250. The Kier molecular flexibility index (Phi) is 5.58. The largest absolute Gasteiger partial charge is 0.492 e. The summed E-state index contributed by atoms with van der Waals surface area (Å²) in [6.07, 6.45) is 3.76. The standard InChI is InChI=1S/C16H16ClNO3/c1-2-20-16(19)13-9-15(11-18-10-13)21-7-6-12-4-3-5-14(17)8-12/h3-5,8-11H,2,6-7H2,1H3. The van der Waals surface area contributed by atoms with Crippen LogP contribution in [0.25, 0.3) is 0 Å². The number of ether oxygens (including phenoxy) is 2. The van der Waals surface area contributed by atoms with Gasteiger partial charge in [0.15, 0.2) is 0 Å². The van der Waals surface area contributed by atoms with Crippen LogP contribution in [-0.4, -0.2) is 24.2 Å². The van der Waals surface area contributed by atoms with Gasteiger partial charge in [-0.05, 0) is 30.7 Å². The Morgan fingerprint density at radius 1 is 1.29 bits per heavy atom. The summed E-state index contributed by atoms with van der Waals surface area (Å²) in [6.45, 7) is 2.57. The van der Waals surface area contributed by atoms with E-state index < -0.39 is 5.97 Å². The van der Waals surface area contributed by atoms with Crippen LogP contribution >= 0.6 is 11.6 Å². The van der Waals surface area contributed by atoms with E-state index in [1.165, 1.54) is 6.20 Å². The molecule has 0 aliphatic rings. The molecule has 0 aliphatic heterocycles. The maximum atomic E-state index is 11.6. The zero-order chi connectivity index (χ0) is 15.1. The molecule has 2 rings (SSSR count). The lowest BCUT2D eigenvalue weighted by Gasteiger charge is -2.07. The summed E-state index contributed by atoms with van der Waals surface area (Å²) in [5, 5.41) is 0.707. The molecule has 5 heteroatoms. The molecule has 1 aromatic carbocycles. The number of carbonyl (C=O) groups is 1. The predicted molar refractivity (Wildman–Crippen MR) is 80.8 cm³/mol. The molecule has 0 bridgehead atoms. The number of nitrogens with zero attached hydrogens (tertiary/aromatic N) is 1. The maximum absolute atomic E-state index is 11.6. The lowest BCUT2D eigenvalue weighted by atomic mass is 10.2. The molecule has 2 aromatic rings. The highest BCUT2D eigenvalue weighted by atomic mass is 35.5. The van der Waals surface area contributed by atoms with Crippen LogP contribution in [0.2, 0.25) is 5.02 Å². The topological polar surface area (TPSA) is 48.4 Å². The molecule has 1 heterocycles. The van der Waals surface area contributed by atoms with Gasteiger partial charge in [0.1, 0.15) is 5.75 Å². The second kappa shape index (κ2) is 7.64. The van der Waals surface area contributed by atoms with Crippen LogP contribution in [-0.2, 0) is 11.2 Å². The highest BCUT2D eigenvalue weighted by Crippen LogP contribution is 2.14. The van der Waals surface area contributed by atoms with Gasteiger partial charge in [0.25, 0.3) is 0 Å². The van der Waals surface area contributed by atoms with Gasteiger partial charge >= 0.3 is 5.97 Å². The fourth-order valence-corrected chi connectivity index (χ4v) is 2.02. The molecule has 0 saturated carbocycles. The minimum atomic E-state index is -0.398. The quantitative estimate of drug-likeness (QED) is 0.766. The minimum absolute atomic E-state index is 0.332.